The predicted octanol–water partition coefficient (Wildman–Crippen LogP) is 0.582. The van der Waals surface area contributed by atoms with Crippen LogP contribution in [0.5, 0.6) is 5.88 Å². The highest BCUT2D eigenvalue weighted by Crippen LogP contribution is 2.31. The van der Waals surface area contributed by atoms with E-state index in [4.69, 9.17) is 9.84 Å². The van der Waals surface area contributed by atoms with Gasteiger partial charge in [-0.05, 0) is 6.07 Å². The first-order chi connectivity index (χ1) is 9.40. The highest BCUT2D eigenvalue weighted by atomic mass is 35.5. The topological polar surface area (TPSA) is 86.3 Å². The van der Waals surface area contributed by atoms with E-state index in [0.29, 0.717) is 11.5 Å². The number of nitrogens with zero attached hydrogens (tertiary/aromatic N) is 3. The summed E-state index contributed by atoms with van der Waals surface area (Å²) in [6, 6.07) is 1.98. The highest BCUT2D eigenvalue weighted by molar-refractivity contribution is 5.93. The van der Waals surface area contributed by atoms with Gasteiger partial charge >= 0.3 is 0 Å². The van der Waals surface area contributed by atoms with Crippen molar-refractivity contribution >= 4 is 41.5 Å². The van der Waals surface area contributed by atoms with Gasteiger partial charge in [-0.25, -0.2) is 4.98 Å². The Bertz CT molecular complexity index is 560. The molecule has 9 heteroatoms. The number of anilines is 1. The van der Waals surface area contributed by atoms with Gasteiger partial charge in [0.05, 0.1) is 12.3 Å². The standard InChI is InChI=1S/C12H17N5O2.2ClH/c18-7-8-19-12-10-9(17-5-3-13-4-6-17)1-2-14-11(10)15-16-12;;/h1-2,13,18H,3-8H2,(H,14,15,16);2*1H. The third-order valence-electron chi connectivity index (χ3n) is 3.19. The number of fused-ring (bicyclic) bond motifs is 1. The van der Waals surface area contributed by atoms with Crippen molar-refractivity contribution in [2.24, 2.45) is 0 Å². The normalized spacial score (nSPS) is 14.4. The minimum atomic E-state index is -0.0302. The minimum Gasteiger partial charge on any atom is -0.474 e. The second-order valence-electron chi connectivity index (χ2n) is 4.39. The van der Waals surface area contributed by atoms with Crippen LogP contribution in [0.15, 0.2) is 12.3 Å². The molecule has 1 fully saturated rings. The first kappa shape index (κ1) is 17.8. The molecule has 0 unspecified atom stereocenters. The lowest BCUT2D eigenvalue weighted by molar-refractivity contribution is 0.198. The van der Waals surface area contributed by atoms with E-state index < -0.39 is 0 Å². The molecule has 2 aromatic rings. The molecule has 1 aliphatic rings. The van der Waals surface area contributed by atoms with Gasteiger partial charge in [-0.1, -0.05) is 0 Å². The minimum absolute atomic E-state index is 0. The number of halogens is 2. The van der Waals surface area contributed by atoms with Gasteiger partial charge in [-0.15, -0.1) is 29.9 Å². The van der Waals surface area contributed by atoms with Gasteiger partial charge in [-0.3, -0.25) is 5.10 Å². The summed E-state index contributed by atoms with van der Waals surface area (Å²) in [5.41, 5.74) is 1.79. The van der Waals surface area contributed by atoms with Crippen LogP contribution in [-0.4, -0.2) is 59.7 Å². The van der Waals surface area contributed by atoms with Crippen LogP contribution < -0.4 is 15.0 Å². The first-order valence-corrected chi connectivity index (χ1v) is 6.42. The maximum Gasteiger partial charge on any atom is 0.244 e. The van der Waals surface area contributed by atoms with E-state index >= 15 is 0 Å². The Morgan fingerprint density at radius 1 is 1.29 bits per heavy atom. The second-order valence-corrected chi connectivity index (χ2v) is 4.39. The van der Waals surface area contributed by atoms with Crippen LogP contribution in [0.25, 0.3) is 11.0 Å². The van der Waals surface area contributed by atoms with E-state index in [9.17, 15) is 0 Å². The van der Waals surface area contributed by atoms with Gasteiger partial charge in [0.2, 0.25) is 5.88 Å². The van der Waals surface area contributed by atoms with Crippen molar-refractivity contribution in [2.45, 2.75) is 0 Å². The fourth-order valence-corrected chi connectivity index (χ4v) is 2.32. The van der Waals surface area contributed by atoms with E-state index in [2.05, 4.69) is 25.4 Å². The number of H-pyrrole nitrogens is 1. The summed E-state index contributed by atoms with van der Waals surface area (Å²) >= 11 is 0. The molecule has 118 valence electrons. The van der Waals surface area contributed by atoms with E-state index in [-0.39, 0.29) is 38.0 Å². The Labute approximate surface area is 134 Å². The van der Waals surface area contributed by atoms with Crippen LogP contribution in [-0.2, 0) is 0 Å². The number of ether oxygens (including phenoxy) is 1. The average Bonchev–Trinajstić information content (AvgIpc) is 2.89. The monoisotopic (exact) mass is 335 g/mol. The Hall–Kier alpha value is -1.28. The molecule has 3 rings (SSSR count). The lowest BCUT2D eigenvalue weighted by Gasteiger charge is -2.29. The van der Waals surface area contributed by atoms with Gasteiger partial charge in [-0.2, -0.15) is 0 Å². The third-order valence-corrected chi connectivity index (χ3v) is 3.19. The molecule has 1 saturated heterocycles. The van der Waals surface area contributed by atoms with Gasteiger partial charge in [0.1, 0.15) is 12.0 Å². The molecule has 3 heterocycles. The second kappa shape index (κ2) is 8.23. The summed E-state index contributed by atoms with van der Waals surface area (Å²) in [6.07, 6.45) is 1.77. The van der Waals surface area contributed by atoms with Crippen molar-refractivity contribution in [3.05, 3.63) is 12.3 Å². The molecule has 0 atom stereocenters. The van der Waals surface area contributed by atoms with E-state index in [1.807, 2.05) is 6.07 Å². The van der Waals surface area contributed by atoms with Gasteiger partial charge < -0.3 is 20.1 Å². The van der Waals surface area contributed by atoms with Gasteiger partial charge in [0.15, 0.2) is 5.65 Å². The lowest BCUT2D eigenvalue weighted by atomic mass is 10.2. The van der Waals surface area contributed by atoms with Crippen LogP contribution in [0.3, 0.4) is 0 Å². The summed E-state index contributed by atoms with van der Waals surface area (Å²) in [6.45, 7) is 4.03. The third kappa shape index (κ3) is 3.68. The zero-order valence-electron chi connectivity index (χ0n) is 11.4. The summed E-state index contributed by atoms with van der Waals surface area (Å²) < 4.78 is 5.47. The maximum absolute atomic E-state index is 8.86. The molecule has 0 spiro atoms. The summed E-state index contributed by atoms with van der Waals surface area (Å²) in [4.78, 5) is 6.56. The molecular weight excluding hydrogens is 317 g/mol. The van der Waals surface area contributed by atoms with E-state index in [1.165, 1.54) is 0 Å². The number of aromatic nitrogens is 3. The number of piperazine rings is 1. The van der Waals surface area contributed by atoms with Crippen molar-refractivity contribution < 1.29 is 9.84 Å². The predicted molar refractivity (Wildman–Crippen MR) is 86.0 cm³/mol. The summed E-state index contributed by atoms with van der Waals surface area (Å²) in [5, 5.41) is 20.1. The van der Waals surface area contributed by atoms with Crippen LogP contribution in [0.4, 0.5) is 5.69 Å². The van der Waals surface area contributed by atoms with Crippen LogP contribution in [0.1, 0.15) is 0 Å². The summed E-state index contributed by atoms with van der Waals surface area (Å²) in [5.74, 6) is 0.505. The lowest BCUT2D eigenvalue weighted by Crippen LogP contribution is -2.43. The smallest absolute Gasteiger partial charge is 0.244 e. The van der Waals surface area contributed by atoms with Gasteiger partial charge in [0.25, 0.3) is 0 Å². The molecule has 2 aromatic heterocycles. The molecular formula is C12H19Cl2N5O2. The van der Waals surface area contributed by atoms with E-state index in [0.717, 1.165) is 37.3 Å². The van der Waals surface area contributed by atoms with Crippen molar-refractivity contribution in [2.75, 3.05) is 44.3 Å². The van der Waals surface area contributed by atoms with Crippen LogP contribution in [0.2, 0.25) is 0 Å². The quantitative estimate of drug-likeness (QED) is 0.757. The number of rotatable bonds is 4. The Morgan fingerprint density at radius 3 is 2.76 bits per heavy atom. The maximum atomic E-state index is 8.86. The molecule has 0 saturated carbocycles. The molecule has 0 radical (unpaired) electrons. The zero-order chi connectivity index (χ0) is 13.1. The van der Waals surface area contributed by atoms with E-state index in [1.54, 1.807) is 6.20 Å². The van der Waals surface area contributed by atoms with Crippen molar-refractivity contribution in [1.29, 1.82) is 0 Å². The number of aromatic amines is 1. The highest BCUT2D eigenvalue weighted by Gasteiger charge is 2.18. The fourth-order valence-electron chi connectivity index (χ4n) is 2.32. The number of aliphatic hydroxyl groups excluding tert-OH is 1. The molecule has 0 bridgehead atoms. The Balaban J connectivity index is 0.00000110. The number of aliphatic hydroxyl groups is 1. The number of nitrogens with one attached hydrogen (secondary N) is 2. The molecule has 1 aliphatic heterocycles. The Morgan fingerprint density at radius 2 is 2.05 bits per heavy atom. The van der Waals surface area contributed by atoms with Crippen LogP contribution >= 0.6 is 24.8 Å². The largest absolute Gasteiger partial charge is 0.474 e. The van der Waals surface area contributed by atoms with Crippen molar-refractivity contribution in [3.63, 3.8) is 0 Å². The number of hydrogen-bond acceptors (Lipinski definition) is 6. The van der Waals surface area contributed by atoms with Crippen LogP contribution in [0, 0.1) is 0 Å². The zero-order valence-corrected chi connectivity index (χ0v) is 13.0. The SMILES string of the molecule is Cl.Cl.OCCOc1n[nH]c2nccc(N3CCNCC3)c12. The molecule has 0 aliphatic carbocycles. The average molecular weight is 336 g/mol. The summed E-state index contributed by atoms with van der Waals surface area (Å²) in [7, 11) is 0. The van der Waals surface area contributed by atoms with Crippen molar-refractivity contribution in [1.82, 2.24) is 20.5 Å². The molecule has 0 amide bonds. The number of hydrogen-bond donors (Lipinski definition) is 3. The molecule has 3 N–H and O–H groups in total. The molecule has 7 nitrogen and oxygen atoms in total. The van der Waals surface area contributed by atoms with Crippen molar-refractivity contribution in [3.8, 4) is 5.88 Å². The molecule has 0 aromatic carbocycles. The Kier molecular flexibility index (Phi) is 6.97. The number of pyridine rings is 1. The fraction of sp³-hybridized carbons (Fsp3) is 0.500. The molecule has 21 heavy (non-hydrogen) atoms. The first-order valence-electron chi connectivity index (χ1n) is 6.42. The van der Waals surface area contributed by atoms with Gasteiger partial charge in [0, 0.05) is 32.4 Å².